The standard InChI is InChI=1S/C14H18O2/c1-11(2)12(3)9-14(15)16-10-13-7-5-4-6-8-13/h4-9,11H,10H2,1-3H3/b12-9+. The predicted molar refractivity (Wildman–Crippen MR) is 64.8 cm³/mol. The van der Waals surface area contributed by atoms with Gasteiger partial charge in [-0.1, -0.05) is 49.8 Å². The minimum atomic E-state index is -0.268. The molecule has 0 aliphatic carbocycles. The first-order chi connectivity index (χ1) is 7.59. The number of ether oxygens (including phenoxy) is 1. The highest BCUT2D eigenvalue weighted by molar-refractivity contribution is 5.82. The van der Waals surface area contributed by atoms with Gasteiger partial charge in [0.2, 0.25) is 0 Å². The molecule has 0 aromatic heterocycles. The highest BCUT2D eigenvalue weighted by Gasteiger charge is 2.02. The Morgan fingerprint density at radius 1 is 1.31 bits per heavy atom. The normalized spacial score (nSPS) is 11.6. The number of hydrogen-bond acceptors (Lipinski definition) is 2. The molecule has 1 rings (SSSR count). The van der Waals surface area contributed by atoms with E-state index >= 15 is 0 Å². The molecular weight excluding hydrogens is 200 g/mol. The van der Waals surface area contributed by atoms with Crippen molar-refractivity contribution in [2.75, 3.05) is 0 Å². The Morgan fingerprint density at radius 3 is 2.50 bits per heavy atom. The van der Waals surface area contributed by atoms with Crippen LogP contribution in [-0.4, -0.2) is 5.97 Å². The van der Waals surface area contributed by atoms with Gasteiger partial charge in [0.1, 0.15) is 6.61 Å². The van der Waals surface area contributed by atoms with E-state index in [0.717, 1.165) is 11.1 Å². The summed E-state index contributed by atoms with van der Waals surface area (Å²) in [6.07, 6.45) is 1.56. The molecule has 16 heavy (non-hydrogen) atoms. The molecule has 0 saturated carbocycles. The summed E-state index contributed by atoms with van der Waals surface area (Å²) in [6, 6.07) is 9.67. The van der Waals surface area contributed by atoms with Crippen LogP contribution in [0.25, 0.3) is 0 Å². The van der Waals surface area contributed by atoms with Crippen molar-refractivity contribution in [1.82, 2.24) is 0 Å². The van der Waals surface area contributed by atoms with Gasteiger partial charge >= 0.3 is 5.97 Å². The van der Waals surface area contributed by atoms with Gasteiger partial charge in [0.15, 0.2) is 0 Å². The van der Waals surface area contributed by atoms with Crippen LogP contribution < -0.4 is 0 Å². The third-order valence-electron chi connectivity index (χ3n) is 2.48. The highest BCUT2D eigenvalue weighted by Crippen LogP contribution is 2.08. The number of carbonyl (C=O) groups is 1. The molecule has 0 atom stereocenters. The van der Waals surface area contributed by atoms with Crippen LogP contribution in [-0.2, 0) is 16.1 Å². The zero-order valence-corrected chi connectivity index (χ0v) is 10.1. The lowest BCUT2D eigenvalue weighted by Gasteiger charge is -2.05. The van der Waals surface area contributed by atoms with E-state index in [2.05, 4.69) is 13.8 Å². The summed E-state index contributed by atoms with van der Waals surface area (Å²) in [5.41, 5.74) is 2.05. The van der Waals surface area contributed by atoms with E-state index in [0.29, 0.717) is 12.5 Å². The van der Waals surface area contributed by atoms with Gasteiger partial charge in [0.05, 0.1) is 0 Å². The van der Waals surface area contributed by atoms with Crippen LogP contribution in [0.3, 0.4) is 0 Å². The fourth-order valence-electron chi connectivity index (χ4n) is 1.12. The maximum atomic E-state index is 11.4. The first-order valence-electron chi connectivity index (χ1n) is 5.48. The lowest BCUT2D eigenvalue weighted by Crippen LogP contribution is -2.03. The largest absolute Gasteiger partial charge is 0.458 e. The molecule has 0 fully saturated rings. The van der Waals surface area contributed by atoms with E-state index in [4.69, 9.17) is 4.74 Å². The van der Waals surface area contributed by atoms with E-state index in [1.807, 2.05) is 37.3 Å². The van der Waals surface area contributed by atoms with Crippen molar-refractivity contribution >= 4 is 5.97 Å². The van der Waals surface area contributed by atoms with Gasteiger partial charge in [-0.15, -0.1) is 0 Å². The molecule has 0 bridgehead atoms. The molecular formula is C14H18O2. The van der Waals surface area contributed by atoms with Crippen molar-refractivity contribution in [3.8, 4) is 0 Å². The van der Waals surface area contributed by atoms with E-state index in [1.165, 1.54) is 0 Å². The van der Waals surface area contributed by atoms with Gasteiger partial charge < -0.3 is 4.74 Å². The number of rotatable bonds is 4. The number of carbonyl (C=O) groups excluding carboxylic acids is 1. The molecule has 0 N–H and O–H groups in total. The number of benzene rings is 1. The third kappa shape index (κ3) is 4.30. The van der Waals surface area contributed by atoms with Crippen molar-refractivity contribution in [2.24, 2.45) is 5.92 Å². The smallest absolute Gasteiger partial charge is 0.331 e. The molecule has 0 spiro atoms. The molecule has 0 heterocycles. The average molecular weight is 218 g/mol. The topological polar surface area (TPSA) is 26.3 Å². The minimum Gasteiger partial charge on any atom is -0.458 e. The molecule has 1 aromatic rings. The summed E-state index contributed by atoms with van der Waals surface area (Å²) in [4.78, 5) is 11.4. The zero-order chi connectivity index (χ0) is 12.0. The number of hydrogen-bond donors (Lipinski definition) is 0. The van der Waals surface area contributed by atoms with E-state index in [9.17, 15) is 4.79 Å². The van der Waals surface area contributed by atoms with E-state index in [-0.39, 0.29) is 5.97 Å². The Morgan fingerprint density at radius 2 is 1.94 bits per heavy atom. The van der Waals surface area contributed by atoms with Crippen molar-refractivity contribution < 1.29 is 9.53 Å². The van der Waals surface area contributed by atoms with E-state index in [1.54, 1.807) is 6.08 Å². The number of allylic oxidation sites excluding steroid dienone is 1. The van der Waals surface area contributed by atoms with Crippen LogP contribution in [0, 0.1) is 5.92 Å². The summed E-state index contributed by atoms with van der Waals surface area (Å²) < 4.78 is 5.13. The monoisotopic (exact) mass is 218 g/mol. The Labute approximate surface area is 96.9 Å². The van der Waals surface area contributed by atoms with Gasteiger partial charge in [-0.2, -0.15) is 0 Å². The summed E-state index contributed by atoms with van der Waals surface area (Å²) in [6.45, 7) is 6.38. The second-order valence-corrected chi connectivity index (χ2v) is 4.14. The van der Waals surface area contributed by atoms with Crippen LogP contribution in [0.4, 0.5) is 0 Å². The molecule has 0 radical (unpaired) electrons. The van der Waals surface area contributed by atoms with Gasteiger partial charge in [0, 0.05) is 6.08 Å². The molecule has 2 heteroatoms. The highest BCUT2D eigenvalue weighted by atomic mass is 16.5. The van der Waals surface area contributed by atoms with Crippen LogP contribution in [0.15, 0.2) is 42.0 Å². The molecule has 0 aliphatic heterocycles. The molecule has 0 aliphatic rings. The van der Waals surface area contributed by atoms with Gasteiger partial charge in [0.25, 0.3) is 0 Å². The second kappa shape index (κ2) is 6.11. The molecule has 0 saturated heterocycles. The summed E-state index contributed by atoms with van der Waals surface area (Å²) in [5.74, 6) is 0.110. The second-order valence-electron chi connectivity index (χ2n) is 4.14. The van der Waals surface area contributed by atoms with Crippen molar-refractivity contribution in [3.05, 3.63) is 47.5 Å². The summed E-state index contributed by atoms with van der Waals surface area (Å²) in [5, 5.41) is 0. The fourth-order valence-corrected chi connectivity index (χ4v) is 1.12. The minimum absolute atomic E-state index is 0.268. The van der Waals surface area contributed by atoms with Crippen molar-refractivity contribution in [2.45, 2.75) is 27.4 Å². The Bertz CT molecular complexity index is 364. The van der Waals surface area contributed by atoms with Gasteiger partial charge in [-0.3, -0.25) is 0 Å². The lowest BCUT2D eigenvalue weighted by molar-refractivity contribution is -0.139. The van der Waals surface area contributed by atoms with Crippen molar-refractivity contribution in [1.29, 1.82) is 0 Å². The van der Waals surface area contributed by atoms with Crippen LogP contribution >= 0.6 is 0 Å². The van der Waals surface area contributed by atoms with E-state index < -0.39 is 0 Å². The quantitative estimate of drug-likeness (QED) is 0.572. The lowest BCUT2D eigenvalue weighted by atomic mass is 10.1. The van der Waals surface area contributed by atoms with Gasteiger partial charge in [-0.25, -0.2) is 4.79 Å². The van der Waals surface area contributed by atoms with Crippen LogP contribution in [0.2, 0.25) is 0 Å². The molecule has 0 amide bonds. The Hall–Kier alpha value is -1.57. The number of esters is 1. The molecule has 0 unspecified atom stereocenters. The SMILES string of the molecule is C/C(=C\C(=O)OCc1ccccc1)C(C)C. The first-order valence-corrected chi connectivity index (χ1v) is 5.48. The Kier molecular flexibility index (Phi) is 4.77. The summed E-state index contributed by atoms with van der Waals surface area (Å²) in [7, 11) is 0. The van der Waals surface area contributed by atoms with Crippen LogP contribution in [0.1, 0.15) is 26.3 Å². The zero-order valence-electron chi connectivity index (χ0n) is 10.1. The fraction of sp³-hybridized carbons (Fsp3) is 0.357. The first kappa shape index (κ1) is 12.5. The average Bonchev–Trinajstić information content (AvgIpc) is 2.27. The van der Waals surface area contributed by atoms with Gasteiger partial charge in [-0.05, 0) is 18.4 Å². The third-order valence-corrected chi connectivity index (χ3v) is 2.48. The van der Waals surface area contributed by atoms with Crippen molar-refractivity contribution in [3.63, 3.8) is 0 Å². The maximum absolute atomic E-state index is 11.4. The Balaban J connectivity index is 2.45. The molecule has 2 nitrogen and oxygen atoms in total. The van der Waals surface area contributed by atoms with Crippen LogP contribution in [0.5, 0.6) is 0 Å². The summed E-state index contributed by atoms with van der Waals surface area (Å²) >= 11 is 0. The maximum Gasteiger partial charge on any atom is 0.331 e. The molecule has 86 valence electrons. The molecule has 1 aromatic carbocycles. The predicted octanol–water partition coefficient (Wildman–Crippen LogP) is 3.33.